The van der Waals surface area contributed by atoms with Crippen LogP contribution in [0.3, 0.4) is 0 Å². The van der Waals surface area contributed by atoms with Gasteiger partial charge in [-0.05, 0) is 70.9 Å². The van der Waals surface area contributed by atoms with Crippen molar-refractivity contribution in [3.8, 4) is 0 Å². The van der Waals surface area contributed by atoms with Gasteiger partial charge >= 0.3 is 23.1 Å². The Morgan fingerprint density at radius 3 is 1.76 bits per heavy atom. The number of carbonyl (C=O) groups is 1. The molecule has 0 rings (SSSR count). The largest absolute Gasteiger partial charge is 0.481 e. The summed E-state index contributed by atoms with van der Waals surface area (Å²) in [5.41, 5.74) is 0. The highest BCUT2D eigenvalue weighted by molar-refractivity contribution is 6.89. The van der Waals surface area contributed by atoms with E-state index in [-0.39, 0.29) is 12.3 Å². The molecule has 0 aliphatic carbocycles. The van der Waals surface area contributed by atoms with Crippen molar-refractivity contribution in [3.05, 3.63) is 0 Å². The zero-order valence-corrected chi connectivity index (χ0v) is 22.0. The second kappa shape index (κ2) is 9.42. The highest BCUT2D eigenvalue weighted by atomic mass is 28.5. The van der Waals surface area contributed by atoms with Crippen LogP contribution in [-0.2, 0) is 17.1 Å². The van der Waals surface area contributed by atoms with Crippen molar-refractivity contribution in [2.75, 3.05) is 0 Å². The van der Waals surface area contributed by atoms with Gasteiger partial charge in [0.1, 0.15) is 0 Å². The lowest BCUT2D eigenvalue weighted by Gasteiger charge is -2.41. The molecule has 0 saturated heterocycles. The minimum absolute atomic E-state index is 0.186. The average Bonchev–Trinajstić information content (AvgIpc) is 2.18. The summed E-state index contributed by atoms with van der Waals surface area (Å²) in [5, 5.41) is 8.91. The van der Waals surface area contributed by atoms with Crippen LogP contribution in [0.2, 0.25) is 65.0 Å². The van der Waals surface area contributed by atoms with Gasteiger partial charge in [0.15, 0.2) is 16.6 Å². The zero-order chi connectivity index (χ0) is 20.1. The Balaban J connectivity index is 4.97. The molecule has 0 aromatic carbocycles. The van der Waals surface area contributed by atoms with Crippen molar-refractivity contribution in [3.63, 3.8) is 0 Å². The van der Waals surface area contributed by atoms with E-state index in [2.05, 4.69) is 58.9 Å². The van der Waals surface area contributed by atoms with E-state index < -0.39 is 39.7 Å². The molecule has 150 valence electrons. The Morgan fingerprint density at radius 2 is 1.36 bits per heavy atom. The average molecular weight is 425 g/mol. The van der Waals surface area contributed by atoms with Crippen LogP contribution in [0, 0.1) is 5.92 Å². The lowest BCUT2D eigenvalue weighted by molar-refractivity contribution is -0.138. The van der Waals surface area contributed by atoms with Gasteiger partial charge in [-0.1, -0.05) is 19.8 Å². The number of hydrogen-bond acceptors (Lipinski definition) is 4. The highest BCUT2D eigenvalue weighted by Gasteiger charge is 2.44. The van der Waals surface area contributed by atoms with Crippen molar-refractivity contribution >= 4 is 39.7 Å². The van der Waals surface area contributed by atoms with Crippen LogP contribution in [0.15, 0.2) is 0 Å². The first-order valence-corrected chi connectivity index (χ1v) is 21.4. The maximum absolute atomic E-state index is 10.8. The van der Waals surface area contributed by atoms with Crippen LogP contribution in [0.25, 0.3) is 0 Å². The summed E-state index contributed by atoms with van der Waals surface area (Å²) < 4.78 is 19.5. The summed E-state index contributed by atoms with van der Waals surface area (Å²) in [6, 6.07) is 0.896. The third-order valence-corrected chi connectivity index (χ3v) is 16.9. The molecule has 0 aliphatic rings. The van der Waals surface area contributed by atoms with E-state index in [1.807, 2.05) is 6.92 Å². The van der Waals surface area contributed by atoms with Gasteiger partial charge in [-0.25, -0.2) is 0 Å². The van der Waals surface area contributed by atoms with E-state index >= 15 is 0 Å². The minimum atomic E-state index is -2.35. The SMILES string of the molecule is CC(CCC[Si](C)(O[Si](C)(C)C)O[Si](C)(C)O[Si](C)(C)C)CC(=O)O. The van der Waals surface area contributed by atoms with Crippen LogP contribution in [0.4, 0.5) is 0 Å². The number of aliphatic carboxylic acids is 1. The fraction of sp³-hybridized carbons (Fsp3) is 0.938. The van der Waals surface area contributed by atoms with Crippen molar-refractivity contribution in [2.24, 2.45) is 5.92 Å². The van der Waals surface area contributed by atoms with E-state index in [4.69, 9.17) is 17.5 Å². The van der Waals surface area contributed by atoms with E-state index in [9.17, 15) is 4.79 Å². The maximum atomic E-state index is 10.8. The first-order valence-electron chi connectivity index (χ1n) is 9.25. The monoisotopic (exact) mass is 424 g/mol. The van der Waals surface area contributed by atoms with E-state index in [0.717, 1.165) is 18.9 Å². The standard InChI is InChI=1S/C16H40O5Si4/c1-15(14-16(17)18)12-11-13-25(10,20-23(5,6)7)21-24(8,9)19-22(2,3)4/h15H,11-14H2,1-10H3,(H,17,18). The summed E-state index contributed by atoms with van der Waals surface area (Å²) in [7, 11) is -8.01. The van der Waals surface area contributed by atoms with Crippen LogP contribution in [0.5, 0.6) is 0 Å². The molecule has 0 aromatic rings. The highest BCUT2D eigenvalue weighted by Crippen LogP contribution is 2.29. The van der Waals surface area contributed by atoms with Crippen LogP contribution in [-0.4, -0.2) is 44.8 Å². The number of carboxylic acid groups (broad SMARTS) is 1. The second-order valence-corrected chi connectivity index (χ2v) is 26.1. The maximum Gasteiger partial charge on any atom is 0.315 e. The zero-order valence-electron chi connectivity index (χ0n) is 18.0. The molecule has 0 amide bonds. The Morgan fingerprint density at radius 1 is 0.880 bits per heavy atom. The van der Waals surface area contributed by atoms with Crippen LogP contribution >= 0.6 is 0 Å². The van der Waals surface area contributed by atoms with Gasteiger partial charge in [-0.3, -0.25) is 4.79 Å². The first-order chi connectivity index (χ1) is 10.9. The molecule has 0 saturated carbocycles. The molecule has 25 heavy (non-hydrogen) atoms. The Labute approximate surface area is 159 Å². The molecule has 0 radical (unpaired) electrons. The summed E-state index contributed by atoms with van der Waals surface area (Å²) in [6.45, 7) is 21.6. The van der Waals surface area contributed by atoms with Crippen LogP contribution < -0.4 is 0 Å². The molecule has 2 atom stereocenters. The van der Waals surface area contributed by atoms with Crippen LogP contribution in [0.1, 0.15) is 26.2 Å². The fourth-order valence-electron chi connectivity index (χ4n) is 3.22. The normalized spacial score (nSPS) is 17.2. The van der Waals surface area contributed by atoms with Crippen molar-refractivity contribution < 1.29 is 22.2 Å². The second-order valence-electron chi connectivity index (χ2n) is 9.66. The summed E-state index contributed by atoms with van der Waals surface area (Å²) in [5.74, 6) is -0.537. The Hall–Kier alpha value is 0.218. The van der Waals surface area contributed by atoms with Crippen molar-refractivity contribution in [2.45, 2.75) is 91.2 Å². The number of rotatable bonds is 12. The van der Waals surface area contributed by atoms with Gasteiger partial charge in [0.2, 0.25) is 0 Å². The van der Waals surface area contributed by atoms with Crippen molar-refractivity contribution in [1.82, 2.24) is 0 Å². The van der Waals surface area contributed by atoms with Crippen molar-refractivity contribution in [1.29, 1.82) is 0 Å². The third-order valence-electron chi connectivity index (χ3n) is 3.39. The smallest absolute Gasteiger partial charge is 0.315 e. The molecule has 5 nitrogen and oxygen atoms in total. The van der Waals surface area contributed by atoms with Gasteiger partial charge in [-0.2, -0.15) is 0 Å². The third kappa shape index (κ3) is 14.0. The molecule has 9 heteroatoms. The molecule has 0 spiro atoms. The summed E-state index contributed by atoms with van der Waals surface area (Å²) >= 11 is 0. The lowest BCUT2D eigenvalue weighted by Crippen LogP contribution is -2.56. The molecule has 2 unspecified atom stereocenters. The van der Waals surface area contributed by atoms with E-state index in [1.54, 1.807) is 0 Å². The summed E-state index contributed by atoms with van der Waals surface area (Å²) in [6.07, 6.45) is 2.07. The Kier molecular flexibility index (Phi) is 9.51. The summed E-state index contributed by atoms with van der Waals surface area (Å²) in [4.78, 5) is 10.8. The minimum Gasteiger partial charge on any atom is -0.481 e. The molecule has 0 aliphatic heterocycles. The molecule has 0 aromatic heterocycles. The van der Waals surface area contributed by atoms with Gasteiger partial charge in [0, 0.05) is 6.42 Å². The van der Waals surface area contributed by atoms with Gasteiger partial charge in [0.25, 0.3) is 0 Å². The van der Waals surface area contributed by atoms with E-state index in [1.165, 1.54) is 0 Å². The van der Waals surface area contributed by atoms with E-state index in [0.29, 0.717) is 0 Å². The molecule has 1 N–H and O–H groups in total. The fourth-order valence-corrected chi connectivity index (χ4v) is 21.2. The predicted octanol–water partition coefficient (Wildman–Crippen LogP) is 5.37. The molecule has 0 fully saturated rings. The quantitative estimate of drug-likeness (QED) is 0.426. The molecule has 0 heterocycles. The van der Waals surface area contributed by atoms with Gasteiger partial charge in [0.05, 0.1) is 0 Å². The van der Waals surface area contributed by atoms with Gasteiger partial charge < -0.3 is 17.5 Å². The number of hydrogen-bond donors (Lipinski definition) is 1. The first kappa shape index (κ1) is 25.2. The Bertz CT molecular complexity index is 431. The molecular formula is C16H40O5Si4. The topological polar surface area (TPSA) is 65.0 Å². The van der Waals surface area contributed by atoms with Gasteiger partial charge in [-0.15, -0.1) is 0 Å². The molecular weight excluding hydrogens is 385 g/mol. The molecule has 0 bridgehead atoms. The predicted molar refractivity (Wildman–Crippen MR) is 115 cm³/mol. The number of carboxylic acids is 1. The lowest BCUT2D eigenvalue weighted by atomic mass is 10.0.